The van der Waals surface area contributed by atoms with Crippen molar-refractivity contribution in [2.45, 2.75) is 33.1 Å². The van der Waals surface area contributed by atoms with Crippen LogP contribution in [-0.2, 0) is 7.05 Å². The van der Waals surface area contributed by atoms with Gasteiger partial charge in [-0.25, -0.2) is 0 Å². The van der Waals surface area contributed by atoms with Gasteiger partial charge in [0.15, 0.2) is 0 Å². The van der Waals surface area contributed by atoms with Crippen LogP contribution in [0.15, 0.2) is 6.07 Å². The largest absolute Gasteiger partial charge is 0.370 e. The van der Waals surface area contributed by atoms with Crippen LogP contribution >= 0.6 is 0 Å². The van der Waals surface area contributed by atoms with Crippen molar-refractivity contribution in [2.24, 2.45) is 12.5 Å². The van der Waals surface area contributed by atoms with E-state index in [1.165, 1.54) is 19.3 Å². The minimum absolute atomic E-state index is 0.462. The summed E-state index contributed by atoms with van der Waals surface area (Å²) < 4.78 is 1.93. The third-order valence-electron chi connectivity index (χ3n) is 4.06. The Bertz CT molecular complexity index is 363. The summed E-state index contributed by atoms with van der Waals surface area (Å²) >= 11 is 0. The predicted molar refractivity (Wildman–Crippen MR) is 71.3 cm³/mol. The molecule has 1 aromatic heterocycles. The molecule has 0 aliphatic carbocycles. The van der Waals surface area contributed by atoms with Crippen molar-refractivity contribution in [1.82, 2.24) is 15.1 Å². The molecule has 1 saturated heterocycles. The number of anilines is 1. The van der Waals surface area contributed by atoms with Gasteiger partial charge in [0.05, 0.1) is 5.69 Å². The highest BCUT2D eigenvalue weighted by molar-refractivity contribution is 5.36. The zero-order valence-corrected chi connectivity index (χ0v) is 11.2. The Morgan fingerprint density at radius 3 is 2.71 bits per heavy atom. The molecule has 0 amide bonds. The fraction of sp³-hybridized carbons (Fsp3) is 0.769. The zero-order valence-electron chi connectivity index (χ0n) is 11.2. The number of nitrogens with zero attached hydrogens (tertiary/aromatic N) is 2. The molecule has 0 atom stereocenters. The first-order valence-electron chi connectivity index (χ1n) is 6.60. The Morgan fingerprint density at radius 2 is 2.18 bits per heavy atom. The molecule has 0 unspecified atom stereocenters. The topological polar surface area (TPSA) is 41.9 Å². The summed E-state index contributed by atoms with van der Waals surface area (Å²) in [5, 5.41) is 11.4. The van der Waals surface area contributed by atoms with E-state index in [1.54, 1.807) is 0 Å². The van der Waals surface area contributed by atoms with Gasteiger partial charge in [-0.05, 0) is 44.7 Å². The molecule has 1 aromatic rings. The normalized spacial score (nSPS) is 19.2. The van der Waals surface area contributed by atoms with Gasteiger partial charge in [-0.3, -0.25) is 4.68 Å². The van der Waals surface area contributed by atoms with Crippen LogP contribution < -0.4 is 10.6 Å². The standard InChI is InChI=1S/C13H24N4/c1-4-13(5-7-14-8-6-13)10-15-12-9-11(2)16-17(12)3/h9,14-15H,4-8,10H2,1-3H3. The van der Waals surface area contributed by atoms with E-state index in [0.717, 1.165) is 31.1 Å². The Labute approximate surface area is 104 Å². The van der Waals surface area contributed by atoms with Gasteiger partial charge in [-0.1, -0.05) is 6.92 Å². The Balaban J connectivity index is 1.98. The summed E-state index contributed by atoms with van der Waals surface area (Å²) in [4.78, 5) is 0. The maximum Gasteiger partial charge on any atom is 0.124 e. The number of hydrogen-bond acceptors (Lipinski definition) is 3. The molecule has 2 N–H and O–H groups in total. The molecule has 2 rings (SSSR count). The average molecular weight is 236 g/mol. The zero-order chi connectivity index (χ0) is 12.3. The maximum absolute atomic E-state index is 4.37. The van der Waals surface area contributed by atoms with Crippen molar-refractivity contribution in [3.8, 4) is 0 Å². The predicted octanol–water partition coefficient (Wildman–Crippen LogP) is 1.92. The molecule has 0 saturated carbocycles. The second kappa shape index (κ2) is 5.08. The molecule has 96 valence electrons. The van der Waals surface area contributed by atoms with Gasteiger partial charge >= 0.3 is 0 Å². The van der Waals surface area contributed by atoms with Gasteiger partial charge < -0.3 is 10.6 Å². The number of aromatic nitrogens is 2. The Hall–Kier alpha value is -1.03. The lowest BCUT2D eigenvalue weighted by molar-refractivity contribution is 0.210. The minimum Gasteiger partial charge on any atom is -0.370 e. The smallest absolute Gasteiger partial charge is 0.124 e. The second-order valence-electron chi connectivity index (χ2n) is 5.25. The highest BCUT2D eigenvalue weighted by Gasteiger charge is 2.29. The van der Waals surface area contributed by atoms with E-state index in [2.05, 4.69) is 28.7 Å². The third kappa shape index (κ3) is 2.80. The molecule has 2 heterocycles. The van der Waals surface area contributed by atoms with E-state index in [9.17, 15) is 0 Å². The van der Waals surface area contributed by atoms with Crippen LogP contribution in [0.4, 0.5) is 5.82 Å². The molecule has 1 aliphatic rings. The summed E-state index contributed by atoms with van der Waals surface area (Å²) in [5.74, 6) is 1.13. The van der Waals surface area contributed by atoms with Crippen molar-refractivity contribution in [1.29, 1.82) is 0 Å². The molecule has 0 spiro atoms. The first-order valence-corrected chi connectivity index (χ1v) is 6.60. The van der Waals surface area contributed by atoms with Gasteiger partial charge in [0.2, 0.25) is 0 Å². The van der Waals surface area contributed by atoms with E-state index in [4.69, 9.17) is 0 Å². The first kappa shape index (κ1) is 12.4. The summed E-state index contributed by atoms with van der Waals surface area (Å²) in [6.45, 7) is 7.71. The van der Waals surface area contributed by atoms with Crippen molar-refractivity contribution >= 4 is 5.82 Å². The number of hydrogen-bond donors (Lipinski definition) is 2. The second-order valence-corrected chi connectivity index (χ2v) is 5.25. The molecule has 1 fully saturated rings. The quantitative estimate of drug-likeness (QED) is 0.839. The number of rotatable bonds is 4. The van der Waals surface area contributed by atoms with E-state index in [1.807, 2.05) is 18.7 Å². The van der Waals surface area contributed by atoms with Gasteiger partial charge in [-0.2, -0.15) is 5.10 Å². The van der Waals surface area contributed by atoms with Crippen LogP contribution in [0.1, 0.15) is 31.9 Å². The molecule has 0 aromatic carbocycles. The van der Waals surface area contributed by atoms with Crippen molar-refractivity contribution in [3.63, 3.8) is 0 Å². The molecule has 4 heteroatoms. The summed E-state index contributed by atoms with van der Waals surface area (Å²) in [5.41, 5.74) is 1.54. The minimum atomic E-state index is 0.462. The van der Waals surface area contributed by atoms with E-state index >= 15 is 0 Å². The van der Waals surface area contributed by atoms with Gasteiger partial charge in [0.1, 0.15) is 5.82 Å². The fourth-order valence-electron chi connectivity index (χ4n) is 2.67. The van der Waals surface area contributed by atoms with Crippen LogP contribution in [0.5, 0.6) is 0 Å². The lowest BCUT2D eigenvalue weighted by Gasteiger charge is -2.37. The van der Waals surface area contributed by atoms with Crippen molar-refractivity contribution < 1.29 is 0 Å². The lowest BCUT2D eigenvalue weighted by Crippen LogP contribution is -2.40. The monoisotopic (exact) mass is 236 g/mol. The molecule has 0 bridgehead atoms. The van der Waals surface area contributed by atoms with Gasteiger partial charge in [0.25, 0.3) is 0 Å². The maximum atomic E-state index is 4.37. The van der Waals surface area contributed by atoms with Crippen molar-refractivity contribution in [3.05, 3.63) is 11.8 Å². The Kier molecular flexibility index (Phi) is 3.72. The van der Waals surface area contributed by atoms with E-state index in [-0.39, 0.29) is 0 Å². The highest BCUT2D eigenvalue weighted by Crippen LogP contribution is 2.32. The number of aryl methyl sites for hydroxylation is 2. The molecule has 0 radical (unpaired) electrons. The molecule has 17 heavy (non-hydrogen) atoms. The van der Waals surface area contributed by atoms with Crippen LogP contribution in [0, 0.1) is 12.3 Å². The molecule has 1 aliphatic heterocycles. The summed E-state index contributed by atoms with van der Waals surface area (Å²) in [6, 6.07) is 2.12. The first-order chi connectivity index (χ1) is 8.15. The number of nitrogens with one attached hydrogen (secondary N) is 2. The van der Waals surface area contributed by atoms with Crippen LogP contribution in [0.3, 0.4) is 0 Å². The van der Waals surface area contributed by atoms with Crippen LogP contribution in [0.25, 0.3) is 0 Å². The van der Waals surface area contributed by atoms with Gasteiger partial charge in [0, 0.05) is 19.7 Å². The van der Waals surface area contributed by atoms with E-state index in [0.29, 0.717) is 5.41 Å². The fourth-order valence-corrected chi connectivity index (χ4v) is 2.67. The third-order valence-corrected chi connectivity index (χ3v) is 4.06. The van der Waals surface area contributed by atoms with Crippen LogP contribution in [-0.4, -0.2) is 29.4 Å². The van der Waals surface area contributed by atoms with Crippen LogP contribution in [0.2, 0.25) is 0 Å². The molecular formula is C13H24N4. The molecule has 4 nitrogen and oxygen atoms in total. The lowest BCUT2D eigenvalue weighted by atomic mass is 9.76. The molecular weight excluding hydrogens is 212 g/mol. The summed E-state index contributed by atoms with van der Waals surface area (Å²) in [7, 11) is 2.00. The van der Waals surface area contributed by atoms with Gasteiger partial charge in [-0.15, -0.1) is 0 Å². The summed E-state index contributed by atoms with van der Waals surface area (Å²) in [6.07, 6.45) is 3.79. The SMILES string of the molecule is CCC1(CNc2cc(C)nn2C)CCNCC1. The van der Waals surface area contributed by atoms with Crippen molar-refractivity contribution in [2.75, 3.05) is 25.0 Å². The highest BCUT2D eigenvalue weighted by atomic mass is 15.3. The van der Waals surface area contributed by atoms with E-state index < -0.39 is 0 Å². The number of piperidine rings is 1. The Morgan fingerprint density at radius 1 is 1.47 bits per heavy atom. The average Bonchev–Trinajstić information content (AvgIpc) is 2.67.